The van der Waals surface area contributed by atoms with Gasteiger partial charge in [0.2, 0.25) is 5.91 Å². The number of hydrogen-bond acceptors (Lipinski definition) is 5. The van der Waals surface area contributed by atoms with Crippen LogP contribution < -0.4 is 0 Å². The van der Waals surface area contributed by atoms with Crippen molar-refractivity contribution in [3.8, 4) is 0 Å². The smallest absolute Gasteiger partial charge is 0.339 e. The largest absolute Gasteiger partial charge is 0.462 e. The lowest BCUT2D eigenvalue weighted by Crippen LogP contribution is -2.37. The molecule has 4 aromatic rings. The Morgan fingerprint density at radius 2 is 1.70 bits per heavy atom. The molecule has 1 aliphatic carbocycles. The van der Waals surface area contributed by atoms with Gasteiger partial charge in [-0.2, -0.15) is 0 Å². The zero-order chi connectivity index (χ0) is 25.5. The van der Waals surface area contributed by atoms with Crippen molar-refractivity contribution in [3.63, 3.8) is 0 Å². The number of benzene rings is 2. The number of aryl methyl sites for hydroxylation is 1. The van der Waals surface area contributed by atoms with E-state index in [1.165, 1.54) is 10.9 Å². The van der Waals surface area contributed by atoms with Crippen molar-refractivity contribution >= 4 is 33.7 Å². The second kappa shape index (κ2) is 9.75. The van der Waals surface area contributed by atoms with Crippen LogP contribution >= 0.6 is 0 Å². The van der Waals surface area contributed by atoms with E-state index < -0.39 is 0 Å². The summed E-state index contributed by atoms with van der Waals surface area (Å²) in [6.45, 7) is 6.00. The maximum Gasteiger partial charge on any atom is 0.339 e. The number of para-hydroxylation sites is 2. The highest BCUT2D eigenvalue weighted by Crippen LogP contribution is 2.33. The summed E-state index contributed by atoms with van der Waals surface area (Å²) in [4.78, 5) is 34.2. The molecule has 190 valence electrons. The molecule has 0 amide bonds. The minimum atomic E-state index is -0.368. The van der Waals surface area contributed by atoms with Gasteiger partial charge in [-0.1, -0.05) is 36.4 Å². The fraction of sp³-hybridized carbons (Fsp3) is 0.387. The highest BCUT2D eigenvalue weighted by atomic mass is 16.5. The van der Waals surface area contributed by atoms with E-state index in [4.69, 9.17) is 9.72 Å². The van der Waals surface area contributed by atoms with Crippen LogP contribution in [-0.4, -0.2) is 45.5 Å². The first-order valence-corrected chi connectivity index (χ1v) is 13.5. The average molecular weight is 496 g/mol. The maximum atomic E-state index is 13.5. The van der Waals surface area contributed by atoms with Gasteiger partial charge in [0.1, 0.15) is 6.61 Å². The lowest BCUT2D eigenvalue weighted by Gasteiger charge is -2.32. The fourth-order valence-electron chi connectivity index (χ4n) is 6.08. The third kappa shape index (κ3) is 4.23. The van der Waals surface area contributed by atoms with Crippen LogP contribution in [0.4, 0.5) is 0 Å². The summed E-state index contributed by atoms with van der Waals surface area (Å²) in [6, 6.07) is 16.3. The number of pyridine rings is 1. The first kappa shape index (κ1) is 23.9. The van der Waals surface area contributed by atoms with Crippen LogP contribution in [0.5, 0.6) is 0 Å². The van der Waals surface area contributed by atoms with Crippen LogP contribution in [0.3, 0.4) is 0 Å². The van der Waals surface area contributed by atoms with Crippen LogP contribution in [0, 0.1) is 0 Å². The van der Waals surface area contributed by atoms with Crippen molar-refractivity contribution in [2.45, 2.75) is 65.0 Å². The summed E-state index contributed by atoms with van der Waals surface area (Å²) in [6.07, 6.45) is 5.14. The van der Waals surface area contributed by atoms with E-state index in [0.717, 1.165) is 72.0 Å². The van der Waals surface area contributed by atoms with Crippen LogP contribution in [0.2, 0.25) is 0 Å². The zero-order valence-corrected chi connectivity index (χ0v) is 21.6. The number of ether oxygens (including phenoxy) is 1. The minimum absolute atomic E-state index is 0.0141. The third-order valence-electron chi connectivity index (χ3n) is 7.99. The first-order valence-electron chi connectivity index (χ1n) is 13.5. The van der Waals surface area contributed by atoms with Gasteiger partial charge in [0.25, 0.3) is 0 Å². The molecule has 0 radical (unpaired) electrons. The Hall–Kier alpha value is -3.51. The van der Waals surface area contributed by atoms with E-state index in [9.17, 15) is 9.59 Å². The second-order valence-corrected chi connectivity index (χ2v) is 10.5. The Labute approximate surface area is 217 Å². The van der Waals surface area contributed by atoms with Crippen molar-refractivity contribution in [2.75, 3.05) is 13.2 Å². The first-order chi connectivity index (χ1) is 18.0. The van der Waals surface area contributed by atoms with E-state index in [1.807, 2.05) is 47.0 Å². The van der Waals surface area contributed by atoms with E-state index in [2.05, 4.69) is 24.8 Å². The quantitative estimate of drug-likeness (QED) is 0.331. The van der Waals surface area contributed by atoms with E-state index >= 15 is 0 Å². The van der Waals surface area contributed by atoms with Gasteiger partial charge in [0, 0.05) is 53.3 Å². The molecule has 2 aromatic heterocycles. The van der Waals surface area contributed by atoms with Gasteiger partial charge >= 0.3 is 5.97 Å². The molecule has 0 spiro atoms. The van der Waals surface area contributed by atoms with Crippen molar-refractivity contribution < 1.29 is 14.3 Å². The monoisotopic (exact) mass is 495 g/mol. The summed E-state index contributed by atoms with van der Waals surface area (Å²) in [7, 11) is 0. The average Bonchev–Trinajstić information content (AvgIpc) is 3.25. The summed E-state index contributed by atoms with van der Waals surface area (Å²) >= 11 is 0. The van der Waals surface area contributed by atoms with Crippen LogP contribution in [-0.2, 0) is 30.5 Å². The van der Waals surface area contributed by atoms with Gasteiger partial charge in [0.05, 0.1) is 23.0 Å². The molecule has 0 fully saturated rings. The Morgan fingerprint density at radius 3 is 2.54 bits per heavy atom. The summed E-state index contributed by atoms with van der Waals surface area (Å²) in [5.74, 6) is -0.382. The highest BCUT2D eigenvalue weighted by Gasteiger charge is 2.28. The summed E-state index contributed by atoms with van der Waals surface area (Å²) in [5, 5.41) is 1.99. The molecule has 0 saturated heterocycles. The number of carbonyl (C=O) groups is 2. The van der Waals surface area contributed by atoms with Crippen LogP contribution in [0.25, 0.3) is 21.8 Å². The van der Waals surface area contributed by atoms with Gasteiger partial charge in [-0.25, -0.2) is 4.79 Å². The number of fused-ring (bicyclic) bond motifs is 5. The number of carbonyl (C=O) groups excluding carboxylic acids is 2. The molecule has 0 N–H and O–H groups in total. The molecule has 37 heavy (non-hydrogen) atoms. The SMILES string of the molecule is CC(C)N1CCc2nc3ccccc3c(C(=O)OCCC(=O)n3c4c(c5ccccc53)CCCC4)c2C1. The van der Waals surface area contributed by atoms with E-state index in [-0.39, 0.29) is 24.9 Å². The van der Waals surface area contributed by atoms with Gasteiger partial charge in [-0.05, 0) is 57.2 Å². The zero-order valence-electron chi connectivity index (χ0n) is 21.6. The normalized spacial score (nSPS) is 15.6. The van der Waals surface area contributed by atoms with Gasteiger partial charge < -0.3 is 4.74 Å². The molecule has 1 aliphatic heterocycles. The molecule has 0 unspecified atom stereocenters. The number of hydrogen-bond donors (Lipinski definition) is 0. The van der Waals surface area contributed by atoms with Crippen molar-refractivity contribution in [1.82, 2.24) is 14.5 Å². The molecule has 3 heterocycles. The minimum Gasteiger partial charge on any atom is -0.462 e. The van der Waals surface area contributed by atoms with Crippen LogP contribution in [0.1, 0.15) is 70.8 Å². The van der Waals surface area contributed by atoms with Crippen LogP contribution in [0.15, 0.2) is 48.5 Å². The Kier molecular flexibility index (Phi) is 6.29. The van der Waals surface area contributed by atoms with Gasteiger partial charge in [-0.15, -0.1) is 0 Å². The molecule has 6 heteroatoms. The molecule has 6 rings (SSSR count). The summed E-state index contributed by atoms with van der Waals surface area (Å²) < 4.78 is 7.68. The molecule has 0 atom stereocenters. The van der Waals surface area contributed by atoms with Gasteiger partial charge in [0.15, 0.2) is 0 Å². The maximum absolute atomic E-state index is 13.5. The highest BCUT2D eigenvalue weighted by molar-refractivity contribution is 6.05. The lowest BCUT2D eigenvalue weighted by molar-refractivity contribution is 0.0488. The standard InChI is InChI=1S/C31H33N3O3/c1-20(2)33-17-15-26-24(19-33)30(23-11-3-6-12-25(23)32-26)31(36)37-18-16-29(35)34-27-13-7-4-9-21(27)22-10-5-8-14-28(22)34/h3-4,6-7,9,11-13,20H,5,8,10,14-19H2,1-2H3. The number of aromatic nitrogens is 2. The lowest BCUT2D eigenvalue weighted by atomic mass is 9.95. The number of nitrogens with zero attached hydrogens (tertiary/aromatic N) is 3. The third-order valence-corrected chi connectivity index (χ3v) is 7.99. The second-order valence-electron chi connectivity index (χ2n) is 10.5. The molecule has 0 saturated carbocycles. The summed E-state index contributed by atoms with van der Waals surface area (Å²) in [5.41, 5.74) is 6.75. The van der Waals surface area contributed by atoms with Crippen molar-refractivity contribution in [1.29, 1.82) is 0 Å². The van der Waals surface area contributed by atoms with Crippen molar-refractivity contribution in [2.24, 2.45) is 0 Å². The predicted molar refractivity (Wildman–Crippen MR) is 145 cm³/mol. The van der Waals surface area contributed by atoms with Crippen molar-refractivity contribution in [3.05, 3.63) is 76.6 Å². The Balaban J connectivity index is 1.26. The molecular weight excluding hydrogens is 462 g/mol. The Bertz CT molecular complexity index is 1520. The molecular formula is C31H33N3O3. The fourth-order valence-corrected chi connectivity index (χ4v) is 6.08. The molecule has 0 bridgehead atoms. The van der Waals surface area contributed by atoms with E-state index in [0.29, 0.717) is 18.2 Å². The predicted octanol–water partition coefficient (Wildman–Crippen LogP) is 5.72. The molecule has 2 aliphatic rings. The van der Waals surface area contributed by atoms with E-state index in [1.54, 1.807) is 0 Å². The Morgan fingerprint density at radius 1 is 0.946 bits per heavy atom. The molecule has 6 nitrogen and oxygen atoms in total. The van der Waals surface area contributed by atoms with Gasteiger partial charge in [-0.3, -0.25) is 19.2 Å². The molecule has 2 aromatic carbocycles. The number of rotatable bonds is 5. The topological polar surface area (TPSA) is 64.4 Å². The number of esters is 1.